The fourth-order valence-electron chi connectivity index (χ4n) is 3.38. The van der Waals surface area contributed by atoms with Gasteiger partial charge in [0.05, 0.1) is 28.5 Å². The molecule has 0 saturated heterocycles. The van der Waals surface area contributed by atoms with Gasteiger partial charge in [-0.2, -0.15) is 0 Å². The average molecular weight is 422 g/mol. The van der Waals surface area contributed by atoms with Crippen LogP contribution in [0.1, 0.15) is 48.2 Å². The Balaban J connectivity index is 1.61. The number of furan rings is 1. The molecule has 1 aliphatic carbocycles. The molecule has 9 heteroatoms. The zero-order valence-corrected chi connectivity index (χ0v) is 16.9. The van der Waals surface area contributed by atoms with Crippen LogP contribution in [0.2, 0.25) is 0 Å². The quantitative estimate of drug-likeness (QED) is 0.708. The number of rotatable bonds is 7. The molecule has 7 nitrogen and oxygen atoms in total. The molecular formula is C20H23FN2O5S. The van der Waals surface area contributed by atoms with Gasteiger partial charge in [0.1, 0.15) is 11.6 Å². The van der Waals surface area contributed by atoms with Crippen molar-refractivity contribution in [3.05, 3.63) is 47.7 Å². The lowest BCUT2D eigenvalue weighted by atomic mass is 10.2. The first kappa shape index (κ1) is 21.0. The van der Waals surface area contributed by atoms with E-state index in [0.717, 1.165) is 18.9 Å². The van der Waals surface area contributed by atoms with E-state index < -0.39 is 27.5 Å². The number of anilines is 2. The fraction of sp³-hybridized carbons (Fsp3) is 0.400. The Morgan fingerprint density at radius 3 is 2.55 bits per heavy atom. The van der Waals surface area contributed by atoms with E-state index in [0.29, 0.717) is 18.6 Å². The first-order valence-corrected chi connectivity index (χ1v) is 11.1. The molecule has 2 aromatic rings. The summed E-state index contributed by atoms with van der Waals surface area (Å²) < 4.78 is 43.6. The second-order valence-electron chi connectivity index (χ2n) is 7.11. The van der Waals surface area contributed by atoms with Gasteiger partial charge in [-0.05, 0) is 44.0 Å². The highest BCUT2D eigenvalue weighted by Crippen LogP contribution is 2.26. The Morgan fingerprint density at radius 2 is 1.90 bits per heavy atom. The summed E-state index contributed by atoms with van der Waals surface area (Å²) >= 11 is 0. The summed E-state index contributed by atoms with van der Waals surface area (Å²) in [5.41, 5.74) is 0.428. The maximum atomic E-state index is 14.1. The molecule has 1 heterocycles. The van der Waals surface area contributed by atoms with Crippen molar-refractivity contribution in [1.82, 2.24) is 0 Å². The molecule has 0 atom stereocenters. The highest BCUT2D eigenvalue weighted by molar-refractivity contribution is 7.92. The normalized spacial score (nSPS) is 14.7. The maximum absolute atomic E-state index is 14.1. The molecular weight excluding hydrogens is 399 g/mol. The van der Waals surface area contributed by atoms with Gasteiger partial charge in [-0.15, -0.1) is 0 Å². The molecule has 0 radical (unpaired) electrons. The molecule has 2 amide bonds. The summed E-state index contributed by atoms with van der Waals surface area (Å²) in [5, 5.41) is 4.64. The third-order valence-corrected chi connectivity index (χ3v) is 7.29. The van der Waals surface area contributed by atoms with E-state index in [2.05, 4.69) is 10.6 Å². The standard InChI is InChI=1S/C20H23FN2O5S/c1-13-16(8-10-28-13)20(25)23-18-12-14(6-7-17(18)21)22-19(24)9-11-29(26,27)15-4-2-3-5-15/h6-8,10,12,15H,2-5,9,11H2,1H3,(H,22,24)(H,23,25). The molecule has 1 saturated carbocycles. The second kappa shape index (κ2) is 8.77. The zero-order chi connectivity index (χ0) is 21.0. The minimum absolute atomic E-state index is 0.105. The largest absolute Gasteiger partial charge is 0.469 e. The number of sulfone groups is 1. The van der Waals surface area contributed by atoms with Gasteiger partial charge < -0.3 is 15.1 Å². The molecule has 1 aromatic heterocycles. The highest BCUT2D eigenvalue weighted by Gasteiger charge is 2.28. The van der Waals surface area contributed by atoms with Gasteiger partial charge in [0.25, 0.3) is 5.91 Å². The van der Waals surface area contributed by atoms with Crippen LogP contribution in [0.5, 0.6) is 0 Å². The molecule has 156 valence electrons. The monoisotopic (exact) mass is 422 g/mol. The van der Waals surface area contributed by atoms with Gasteiger partial charge >= 0.3 is 0 Å². The van der Waals surface area contributed by atoms with E-state index in [9.17, 15) is 22.4 Å². The molecule has 3 rings (SSSR count). The molecule has 0 unspecified atom stereocenters. The summed E-state index contributed by atoms with van der Waals surface area (Å²) in [6.45, 7) is 1.61. The van der Waals surface area contributed by atoms with Crippen molar-refractivity contribution >= 4 is 33.0 Å². The third-order valence-electron chi connectivity index (χ3n) is 5.03. The van der Waals surface area contributed by atoms with Crippen molar-refractivity contribution in [3.8, 4) is 0 Å². The molecule has 29 heavy (non-hydrogen) atoms. The third kappa shape index (κ3) is 5.23. The highest BCUT2D eigenvalue weighted by atomic mass is 32.2. The Kier molecular flexibility index (Phi) is 6.36. The second-order valence-corrected chi connectivity index (χ2v) is 9.51. The predicted molar refractivity (Wildman–Crippen MR) is 107 cm³/mol. The number of benzene rings is 1. The minimum atomic E-state index is -3.29. The predicted octanol–water partition coefficient (Wildman–Crippen LogP) is 3.67. The van der Waals surface area contributed by atoms with Crippen LogP contribution in [0.15, 0.2) is 34.9 Å². The lowest BCUT2D eigenvalue weighted by Crippen LogP contribution is -2.24. The molecule has 0 spiro atoms. The number of aryl methyl sites for hydroxylation is 1. The minimum Gasteiger partial charge on any atom is -0.469 e. The van der Waals surface area contributed by atoms with Gasteiger partial charge in [-0.3, -0.25) is 9.59 Å². The van der Waals surface area contributed by atoms with E-state index in [4.69, 9.17) is 4.42 Å². The number of hydrogen-bond donors (Lipinski definition) is 2. The summed E-state index contributed by atoms with van der Waals surface area (Å²) in [4.78, 5) is 24.4. The van der Waals surface area contributed by atoms with Crippen LogP contribution in [0.4, 0.5) is 15.8 Å². The lowest BCUT2D eigenvalue weighted by molar-refractivity contribution is -0.115. The molecule has 1 aromatic carbocycles. The summed E-state index contributed by atoms with van der Waals surface area (Å²) in [6.07, 6.45) is 4.29. The number of hydrogen-bond acceptors (Lipinski definition) is 5. The van der Waals surface area contributed by atoms with Crippen molar-refractivity contribution in [2.75, 3.05) is 16.4 Å². The Labute approximate surface area is 168 Å². The first-order chi connectivity index (χ1) is 13.8. The van der Waals surface area contributed by atoms with Gasteiger partial charge in [-0.25, -0.2) is 12.8 Å². The van der Waals surface area contributed by atoms with Gasteiger partial charge in [0.2, 0.25) is 5.91 Å². The van der Waals surface area contributed by atoms with Crippen LogP contribution in [0.25, 0.3) is 0 Å². The maximum Gasteiger partial charge on any atom is 0.259 e. The van der Waals surface area contributed by atoms with Crippen LogP contribution in [-0.4, -0.2) is 31.2 Å². The fourth-order valence-corrected chi connectivity index (χ4v) is 5.24. The van der Waals surface area contributed by atoms with Crippen LogP contribution >= 0.6 is 0 Å². The smallest absolute Gasteiger partial charge is 0.259 e. The van der Waals surface area contributed by atoms with E-state index >= 15 is 0 Å². The number of amides is 2. The van der Waals surface area contributed by atoms with Gasteiger partial charge in [-0.1, -0.05) is 12.8 Å². The van der Waals surface area contributed by atoms with Crippen molar-refractivity contribution in [1.29, 1.82) is 0 Å². The van der Waals surface area contributed by atoms with Crippen LogP contribution in [-0.2, 0) is 14.6 Å². The molecule has 0 aliphatic heterocycles. The van der Waals surface area contributed by atoms with Crippen molar-refractivity contribution in [2.45, 2.75) is 44.3 Å². The number of carbonyl (C=O) groups is 2. The van der Waals surface area contributed by atoms with Crippen LogP contribution in [0, 0.1) is 12.7 Å². The van der Waals surface area contributed by atoms with Crippen molar-refractivity contribution < 1.29 is 26.8 Å². The summed E-state index contributed by atoms with van der Waals surface area (Å²) in [6, 6.07) is 5.21. The van der Waals surface area contributed by atoms with E-state index in [1.54, 1.807) is 6.92 Å². The van der Waals surface area contributed by atoms with E-state index in [1.165, 1.54) is 24.5 Å². The van der Waals surface area contributed by atoms with E-state index in [1.807, 2.05) is 0 Å². The van der Waals surface area contributed by atoms with Crippen molar-refractivity contribution in [2.24, 2.45) is 0 Å². The Morgan fingerprint density at radius 1 is 1.17 bits per heavy atom. The first-order valence-electron chi connectivity index (χ1n) is 9.42. The van der Waals surface area contributed by atoms with Crippen molar-refractivity contribution in [3.63, 3.8) is 0 Å². The van der Waals surface area contributed by atoms with Gasteiger partial charge in [0.15, 0.2) is 9.84 Å². The Bertz CT molecular complexity index is 1010. The van der Waals surface area contributed by atoms with Crippen LogP contribution in [0.3, 0.4) is 0 Å². The number of carbonyl (C=O) groups excluding carboxylic acids is 2. The van der Waals surface area contributed by atoms with Crippen LogP contribution < -0.4 is 10.6 Å². The molecule has 2 N–H and O–H groups in total. The molecule has 1 aliphatic rings. The summed E-state index contributed by atoms with van der Waals surface area (Å²) in [5.74, 6) is -1.51. The van der Waals surface area contributed by atoms with E-state index in [-0.39, 0.29) is 34.4 Å². The molecule has 1 fully saturated rings. The average Bonchev–Trinajstić information content (AvgIpc) is 3.35. The number of nitrogens with one attached hydrogen (secondary N) is 2. The lowest BCUT2D eigenvalue weighted by Gasteiger charge is -2.12. The number of halogens is 1. The van der Waals surface area contributed by atoms with Gasteiger partial charge in [0, 0.05) is 12.1 Å². The SMILES string of the molecule is Cc1occc1C(=O)Nc1cc(NC(=O)CCS(=O)(=O)C2CCCC2)ccc1F. The Hall–Kier alpha value is -2.68. The zero-order valence-electron chi connectivity index (χ0n) is 16.0. The molecule has 0 bridgehead atoms. The topological polar surface area (TPSA) is 105 Å². The summed E-state index contributed by atoms with van der Waals surface area (Å²) in [7, 11) is -3.29.